The Morgan fingerprint density at radius 2 is 2.33 bits per heavy atom. The summed E-state index contributed by atoms with van der Waals surface area (Å²) in [6.45, 7) is 6.05. The zero-order valence-electron chi connectivity index (χ0n) is 10.0. The lowest BCUT2D eigenvalue weighted by atomic mass is 10.0. The van der Waals surface area contributed by atoms with Gasteiger partial charge in [0.1, 0.15) is 11.9 Å². The van der Waals surface area contributed by atoms with E-state index in [1.807, 2.05) is 25.1 Å². The van der Waals surface area contributed by atoms with E-state index in [1.54, 1.807) is 11.0 Å². The lowest BCUT2D eigenvalue weighted by molar-refractivity contribution is 0.211. The van der Waals surface area contributed by atoms with Gasteiger partial charge >= 0.3 is 6.03 Å². The van der Waals surface area contributed by atoms with Crippen LogP contribution in [0.3, 0.4) is 0 Å². The molecule has 1 aliphatic rings. The summed E-state index contributed by atoms with van der Waals surface area (Å²) >= 11 is 3.44. The number of amidine groups is 1. The van der Waals surface area contributed by atoms with Gasteiger partial charge in [0.15, 0.2) is 0 Å². The molecule has 1 aromatic carbocycles. The van der Waals surface area contributed by atoms with Gasteiger partial charge in [-0.2, -0.15) is 0 Å². The first-order valence-corrected chi connectivity index (χ1v) is 6.37. The summed E-state index contributed by atoms with van der Waals surface area (Å²) in [5.41, 5.74) is 2.01. The molecule has 0 aliphatic carbocycles. The summed E-state index contributed by atoms with van der Waals surface area (Å²) in [6, 6.07) is 5.26. The molecular formula is C13H14BrN3O. The third kappa shape index (κ3) is 2.18. The molecule has 0 radical (unpaired) electrons. The molecule has 0 spiro atoms. The number of hydrogen-bond acceptors (Lipinski definition) is 2. The number of halogens is 1. The molecule has 18 heavy (non-hydrogen) atoms. The van der Waals surface area contributed by atoms with Crippen LogP contribution in [0.2, 0.25) is 0 Å². The van der Waals surface area contributed by atoms with E-state index in [2.05, 4.69) is 27.8 Å². The van der Waals surface area contributed by atoms with E-state index in [9.17, 15) is 4.79 Å². The summed E-state index contributed by atoms with van der Waals surface area (Å²) in [6.07, 6.45) is 1.66. The van der Waals surface area contributed by atoms with Crippen molar-refractivity contribution >= 4 is 27.8 Å². The largest absolute Gasteiger partial charge is 0.323 e. The predicted octanol–water partition coefficient (Wildman–Crippen LogP) is 2.99. The standard InChI is InChI=1S/C13H14BrN3O/c1-3-6-17-11(12(15)16-13(17)18)9-4-5-10(14)8(2)7-9/h3-5,7,11H,1,6H2,2H3,(H2,15,16,18). The number of amides is 2. The molecule has 1 unspecified atom stereocenters. The van der Waals surface area contributed by atoms with E-state index in [4.69, 9.17) is 5.41 Å². The number of carbonyl (C=O) groups is 1. The minimum Gasteiger partial charge on any atom is -0.307 e. The maximum atomic E-state index is 11.7. The van der Waals surface area contributed by atoms with Gasteiger partial charge in [0.2, 0.25) is 0 Å². The lowest BCUT2D eigenvalue weighted by Gasteiger charge is -2.21. The first-order chi connectivity index (χ1) is 8.54. The van der Waals surface area contributed by atoms with Crippen LogP contribution in [0.1, 0.15) is 17.2 Å². The van der Waals surface area contributed by atoms with Gasteiger partial charge in [-0.1, -0.05) is 34.1 Å². The van der Waals surface area contributed by atoms with Crippen LogP contribution in [0.15, 0.2) is 35.3 Å². The smallest absolute Gasteiger partial charge is 0.307 e. The Labute approximate surface area is 114 Å². The molecule has 4 nitrogen and oxygen atoms in total. The van der Waals surface area contributed by atoms with E-state index in [-0.39, 0.29) is 17.9 Å². The van der Waals surface area contributed by atoms with Crippen LogP contribution in [-0.4, -0.2) is 23.3 Å². The maximum absolute atomic E-state index is 11.7. The summed E-state index contributed by atoms with van der Waals surface area (Å²) in [5.74, 6) is 0.212. The molecule has 2 amide bonds. The Hall–Kier alpha value is -1.62. The van der Waals surface area contributed by atoms with Crippen molar-refractivity contribution in [2.75, 3.05) is 6.54 Å². The van der Waals surface area contributed by atoms with Crippen LogP contribution >= 0.6 is 15.9 Å². The van der Waals surface area contributed by atoms with Gasteiger partial charge in [0.05, 0.1) is 0 Å². The van der Waals surface area contributed by atoms with Crippen LogP contribution < -0.4 is 5.32 Å². The number of carbonyl (C=O) groups excluding carboxylic acids is 1. The van der Waals surface area contributed by atoms with Crippen molar-refractivity contribution in [1.29, 1.82) is 5.41 Å². The van der Waals surface area contributed by atoms with Gasteiger partial charge in [-0.25, -0.2) is 4.79 Å². The Morgan fingerprint density at radius 1 is 1.61 bits per heavy atom. The van der Waals surface area contributed by atoms with Gasteiger partial charge in [0.25, 0.3) is 0 Å². The third-order valence-electron chi connectivity index (χ3n) is 2.91. The zero-order chi connectivity index (χ0) is 13.3. The summed E-state index contributed by atoms with van der Waals surface area (Å²) in [7, 11) is 0. The zero-order valence-corrected chi connectivity index (χ0v) is 11.6. The van der Waals surface area contributed by atoms with Crippen molar-refractivity contribution in [2.45, 2.75) is 13.0 Å². The Kier molecular flexibility index (Phi) is 3.52. The SMILES string of the molecule is C=CCN1C(=O)NC(=N)C1c1ccc(Br)c(C)c1. The second-order valence-electron chi connectivity index (χ2n) is 4.20. The van der Waals surface area contributed by atoms with Crippen molar-refractivity contribution in [3.63, 3.8) is 0 Å². The fourth-order valence-electron chi connectivity index (χ4n) is 2.04. The quantitative estimate of drug-likeness (QED) is 0.829. The van der Waals surface area contributed by atoms with Crippen molar-refractivity contribution in [3.05, 3.63) is 46.5 Å². The average Bonchev–Trinajstić information content (AvgIpc) is 2.59. The number of rotatable bonds is 3. The van der Waals surface area contributed by atoms with Gasteiger partial charge in [-0.15, -0.1) is 6.58 Å². The minimum absolute atomic E-state index is 0.212. The maximum Gasteiger partial charge on any atom is 0.323 e. The molecule has 5 heteroatoms. The van der Waals surface area contributed by atoms with Crippen LogP contribution in [0.25, 0.3) is 0 Å². The molecule has 0 bridgehead atoms. The molecule has 0 saturated carbocycles. The molecule has 2 N–H and O–H groups in total. The fraction of sp³-hybridized carbons (Fsp3) is 0.231. The first-order valence-electron chi connectivity index (χ1n) is 5.57. The van der Waals surface area contributed by atoms with Gasteiger partial charge in [-0.05, 0) is 24.1 Å². The van der Waals surface area contributed by atoms with Gasteiger partial charge in [0, 0.05) is 11.0 Å². The van der Waals surface area contributed by atoms with Gasteiger partial charge in [-0.3, -0.25) is 10.7 Å². The number of urea groups is 1. The van der Waals surface area contributed by atoms with Crippen molar-refractivity contribution in [1.82, 2.24) is 10.2 Å². The van der Waals surface area contributed by atoms with Crippen molar-refractivity contribution in [3.8, 4) is 0 Å². The van der Waals surface area contributed by atoms with Gasteiger partial charge < -0.3 is 4.90 Å². The third-order valence-corrected chi connectivity index (χ3v) is 3.80. The molecule has 1 aromatic rings. The highest BCUT2D eigenvalue weighted by molar-refractivity contribution is 9.10. The van der Waals surface area contributed by atoms with E-state index in [1.165, 1.54) is 0 Å². The number of nitrogens with one attached hydrogen (secondary N) is 2. The molecule has 1 heterocycles. The number of nitrogens with zero attached hydrogens (tertiary/aromatic N) is 1. The summed E-state index contributed by atoms with van der Waals surface area (Å²) in [4.78, 5) is 13.3. The summed E-state index contributed by atoms with van der Waals surface area (Å²) < 4.78 is 1.02. The molecule has 94 valence electrons. The molecule has 1 aliphatic heterocycles. The van der Waals surface area contributed by atoms with E-state index >= 15 is 0 Å². The Morgan fingerprint density at radius 3 is 2.94 bits per heavy atom. The molecule has 2 rings (SSSR count). The van der Waals surface area contributed by atoms with E-state index < -0.39 is 0 Å². The van der Waals surface area contributed by atoms with E-state index in [0.717, 1.165) is 15.6 Å². The second kappa shape index (κ2) is 4.94. The fourth-order valence-corrected chi connectivity index (χ4v) is 2.29. The minimum atomic E-state index is -0.345. The molecule has 1 atom stereocenters. The number of hydrogen-bond donors (Lipinski definition) is 2. The van der Waals surface area contributed by atoms with Crippen LogP contribution in [0, 0.1) is 12.3 Å². The summed E-state index contributed by atoms with van der Waals surface area (Å²) in [5, 5.41) is 10.4. The first kappa shape index (κ1) is 12.8. The van der Waals surface area contributed by atoms with Crippen LogP contribution in [0.5, 0.6) is 0 Å². The second-order valence-corrected chi connectivity index (χ2v) is 5.05. The Balaban J connectivity index is 2.40. The monoisotopic (exact) mass is 307 g/mol. The van der Waals surface area contributed by atoms with Crippen LogP contribution in [0.4, 0.5) is 4.79 Å². The highest BCUT2D eigenvalue weighted by atomic mass is 79.9. The normalized spacial score (nSPS) is 19.0. The molecule has 1 fully saturated rings. The molecule has 0 aromatic heterocycles. The lowest BCUT2D eigenvalue weighted by Crippen LogP contribution is -2.29. The highest BCUT2D eigenvalue weighted by Crippen LogP contribution is 2.28. The molecular weight excluding hydrogens is 294 g/mol. The molecule has 1 saturated heterocycles. The number of aryl methyl sites for hydroxylation is 1. The predicted molar refractivity (Wildman–Crippen MR) is 74.8 cm³/mol. The average molecular weight is 308 g/mol. The van der Waals surface area contributed by atoms with Crippen LogP contribution in [-0.2, 0) is 0 Å². The Bertz CT molecular complexity index is 527. The van der Waals surface area contributed by atoms with Crippen molar-refractivity contribution < 1.29 is 4.79 Å². The van der Waals surface area contributed by atoms with E-state index in [0.29, 0.717) is 6.54 Å². The highest BCUT2D eigenvalue weighted by Gasteiger charge is 2.35. The number of benzene rings is 1. The topological polar surface area (TPSA) is 56.2 Å². The van der Waals surface area contributed by atoms with Crippen molar-refractivity contribution in [2.24, 2.45) is 0 Å².